The van der Waals surface area contributed by atoms with Gasteiger partial charge in [0.15, 0.2) is 0 Å². The van der Waals surface area contributed by atoms with Crippen LogP contribution in [0.15, 0.2) is 65.0 Å². The number of benzene rings is 1. The van der Waals surface area contributed by atoms with Gasteiger partial charge in [-0.3, -0.25) is 4.99 Å². The molecular formula is C17H15ClN2. The van der Waals surface area contributed by atoms with E-state index >= 15 is 0 Å². The van der Waals surface area contributed by atoms with Crippen LogP contribution >= 0.6 is 11.6 Å². The maximum absolute atomic E-state index is 6.05. The maximum Gasteiger partial charge on any atom is 0.0709 e. The highest BCUT2D eigenvalue weighted by atomic mass is 35.5. The van der Waals surface area contributed by atoms with E-state index in [1.54, 1.807) is 0 Å². The van der Waals surface area contributed by atoms with E-state index < -0.39 is 0 Å². The molecule has 3 rings (SSSR count). The highest BCUT2D eigenvalue weighted by Crippen LogP contribution is 2.33. The molecule has 100 valence electrons. The first kappa shape index (κ1) is 12.9. The highest BCUT2D eigenvalue weighted by molar-refractivity contribution is 6.31. The Balaban J connectivity index is 1.93. The minimum absolute atomic E-state index is 0.737. The summed E-state index contributed by atoms with van der Waals surface area (Å²) in [7, 11) is 2.06. The molecule has 0 saturated heterocycles. The lowest BCUT2D eigenvalue weighted by atomic mass is 10.1. The zero-order valence-electron chi connectivity index (χ0n) is 11.5. The van der Waals surface area contributed by atoms with Crippen LogP contribution in [0.3, 0.4) is 0 Å². The Bertz CT molecular complexity index is 706. The highest BCUT2D eigenvalue weighted by Gasteiger charge is 2.12. The molecule has 0 fully saturated rings. The summed E-state index contributed by atoms with van der Waals surface area (Å²) in [5.41, 5.74) is 5.53. The van der Waals surface area contributed by atoms with Crippen molar-refractivity contribution < 1.29 is 0 Å². The maximum atomic E-state index is 6.05. The predicted octanol–water partition coefficient (Wildman–Crippen LogP) is 4.73. The van der Waals surface area contributed by atoms with Gasteiger partial charge in [0.2, 0.25) is 0 Å². The van der Waals surface area contributed by atoms with Crippen molar-refractivity contribution in [2.24, 2.45) is 4.99 Å². The van der Waals surface area contributed by atoms with E-state index in [0.29, 0.717) is 0 Å². The lowest BCUT2D eigenvalue weighted by Crippen LogP contribution is -2.15. The number of hydrogen-bond acceptors (Lipinski definition) is 2. The molecule has 0 bridgehead atoms. The van der Waals surface area contributed by atoms with Crippen LogP contribution in [0.5, 0.6) is 0 Å². The Labute approximate surface area is 124 Å². The molecule has 2 heterocycles. The summed E-state index contributed by atoms with van der Waals surface area (Å²) in [6, 6.07) is 5.77. The van der Waals surface area contributed by atoms with Crippen LogP contribution in [-0.4, -0.2) is 18.2 Å². The van der Waals surface area contributed by atoms with Crippen molar-refractivity contribution in [3.8, 4) is 0 Å². The van der Waals surface area contributed by atoms with Crippen LogP contribution in [0.2, 0.25) is 5.02 Å². The Morgan fingerprint density at radius 3 is 2.95 bits per heavy atom. The monoisotopic (exact) mass is 282 g/mol. The molecular weight excluding hydrogens is 268 g/mol. The smallest absolute Gasteiger partial charge is 0.0709 e. The molecule has 2 aliphatic heterocycles. The number of allylic oxidation sites excluding steroid dienone is 7. The first-order valence-corrected chi connectivity index (χ1v) is 6.87. The average molecular weight is 283 g/mol. The van der Waals surface area contributed by atoms with E-state index in [4.69, 9.17) is 11.6 Å². The number of fused-ring (bicyclic) bond motifs is 1. The molecule has 1 aromatic carbocycles. The van der Waals surface area contributed by atoms with Gasteiger partial charge in [-0.15, -0.1) is 0 Å². The zero-order valence-corrected chi connectivity index (χ0v) is 12.2. The molecule has 0 saturated carbocycles. The van der Waals surface area contributed by atoms with Gasteiger partial charge in [0.25, 0.3) is 0 Å². The number of nitrogens with zero attached hydrogens (tertiary/aromatic N) is 2. The second kappa shape index (κ2) is 5.14. The molecule has 0 amide bonds. The number of aliphatic imine (C=N–C) groups is 1. The summed E-state index contributed by atoms with van der Waals surface area (Å²) in [5.74, 6) is 0. The van der Waals surface area contributed by atoms with Gasteiger partial charge in [0.05, 0.1) is 5.69 Å². The predicted molar refractivity (Wildman–Crippen MR) is 86.3 cm³/mol. The molecule has 0 radical (unpaired) electrons. The topological polar surface area (TPSA) is 15.6 Å². The molecule has 20 heavy (non-hydrogen) atoms. The largest absolute Gasteiger partial charge is 0.348 e. The van der Waals surface area contributed by atoms with E-state index in [2.05, 4.69) is 54.2 Å². The third-order valence-electron chi connectivity index (χ3n) is 3.57. The second-order valence-corrected chi connectivity index (χ2v) is 5.30. The summed E-state index contributed by atoms with van der Waals surface area (Å²) >= 11 is 6.05. The first-order valence-electron chi connectivity index (χ1n) is 6.50. The summed E-state index contributed by atoms with van der Waals surface area (Å²) in [6.07, 6.45) is 12.3. The van der Waals surface area contributed by atoms with Gasteiger partial charge in [0.1, 0.15) is 0 Å². The van der Waals surface area contributed by atoms with Gasteiger partial charge in [-0.05, 0) is 43.4 Å². The SMILES string of the molecule is CC1=CC=CC(=CC=C2C=Nc3ccc(Cl)cc32)N1C. The Hall–Kier alpha value is -2.06. The summed E-state index contributed by atoms with van der Waals surface area (Å²) in [4.78, 5) is 6.55. The van der Waals surface area contributed by atoms with Crippen molar-refractivity contribution in [3.05, 3.63) is 70.6 Å². The van der Waals surface area contributed by atoms with E-state index in [0.717, 1.165) is 27.5 Å². The van der Waals surface area contributed by atoms with Gasteiger partial charge in [-0.1, -0.05) is 23.8 Å². The Morgan fingerprint density at radius 2 is 2.10 bits per heavy atom. The van der Waals surface area contributed by atoms with Crippen molar-refractivity contribution in [2.75, 3.05) is 7.05 Å². The lowest BCUT2D eigenvalue weighted by Gasteiger charge is -2.23. The fraction of sp³-hybridized carbons (Fsp3) is 0.118. The Morgan fingerprint density at radius 1 is 1.25 bits per heavy atom. The Kier molecular flexibility index (Phi) is 3.33. The number of likely N-dealkylation sites (N-methyl/N-ethyl adjacent to an activating group) is 1. The van der Waals surface area contributed by atoms with Gasteiger partial charge in [0, 0.05) is 40.8 Å². The molecule has 3 heteroatoms. The van der Waals surface area contributed by atoms with Crippen LogP contribution in [0.4, 0.5) is 5.69 Å². The van der Waals surface area contributed by atoms with Gasteiger partial charge >= 0.3 is 0 Å². The van der Waals surface area contributed by atoms with Crippen LogP contribution in [0.1, 0.15) is 12.5 Å². The van der Waals surface area contributed by atoms with Crippen LogP contribution in [0, 0.1) is 0 Å². The fourth-order valence-corrected chi connectivity index (χ4v) is 2.42. The van der Waals surface area contributed by atoms with Crippen LogP contribution < -0.4 is 0 Å². The van der Waals surface area contributed by atoms with E-state index in [9.17, 15) is 0 Å². The lowest BCUT2D eigenvalue weighted by molar-refractivity contribution is 0.533. The minimum atomic E-state index is 0.737. The molecule has 1 aromatic rings. The van der Waals surface area contributed by atoms with Crippen molar-refractivity contribution in [1.29, 1.82) is 0 Å². The molecule has 0 aromatic heterocycles. The van der Waals surface area contributed by atoms with Crippen molar-refractivity contribution in [1.82, 2.24) is 4.90 Å². The van der Waals surface area contributed by atoms with Gasteiger partial charge in [-0.2, -0.15) is 0 Å². The van der Waals surface area contributed by atoms with Crippen LogP contribution in [0.25, 0.3) is 5.57 Å². The summed E-state index contributed by atoms with van der Waals surface area (Å²) in [5, 5.41) is 0.737. The summed E-state index contributed by atoms with van der Waals surface area (Å²) in [6.45, 7) is 2.09. The third kappa shape index (κ3) is 2.35. The van der Waals surface area contributed by atoms with E-state index in [1.807, 2.05) is 24.4 Å². The molecule has 2 nitrogen and oxygen atoms in total. The molecule has 0 atom stereocenters. The molecule has 0 spiro atoms. The van der Waals surface area contributed by atoms with E-state index in [-0.39, 0.29) is 0 Å². The van der Waals surface area contributed by atoms with Gasteiger partial charge < -0.3 is 4.90 Å². The molecule has 2 aliphatic rings. The third-order valence-corrected chi connectivity index (χ3v) is 3.80. The average Bonchev–Trinajstić information content (AvgIpc) is 2.83. The number of hydrogen-bond donors (Lipinski definition) is 0. The summed E-state index contributed by atoms with van der Waals surface area (Å²) < 4.78 is 0. The number of halogens is 1. The van der Waals surface area contributed by atoms with E-state index in [1.165, 1.54) is 5.70 Å². The van der Waals surface area contributed by atoms with Crippen molar-refractivity contribution in [2.45, 2.75) is 6.92 Å². The molecule has 0 unspecified atom stereocenters. The molecule has 0 aliphatic carbocycles. The van der Waals surface area contributed by atoms with Crippen molar-refractivity contribution in [3.63, 3.8) is 0 Å². The van der Waals surface area contributed by atoms with Crippen LogP contribution in [-0.2, 0) is 0 Å². The quantitative estimate of drug-likeness (QED) is 0.727. The normalized spacial score (nSPS) is 20.8. The minimum Gasteiger partial charge on any atom is -0.348 e. The fourth-order valence-electron chi connectivity index (χ4n) is 2.25. The zero-order chi connectivity index (χ0) is 14.1. The molecule has 0 N–H and O–H groups in total. The number of rotatable bonds is 1. The first-order chi connectivity index (χ1) is 9.65. The second-order valence-electron chi connectivity index (χ2n) is 4.86. The van der Waals surface area contributed by atoms with Crippen molar-refractivity contribution >= 4 is 29.1 Å². The van der Waals surface area contributed by atoms with Gasteiger partial charge in [-0.25, -0.2) is 0 Å². The standard InChI is InChI=1S/C17H15ClN2/c1-12-4-3-5-15(20(12)2)8-6-13-11-19-17-9-7-14(18)10-16(13)17/h3-11H,1-2H3.